The quantitative estimate of drug-likeness (QED) is 0.677. The number of nitrogens with zero attached hydrogens (tertiary/aromatic N) is 1. The molecule has 0 bridgehead atoms. The van der Waals surface area contributed by atoms with Crippen molar-refractivity contribution in [2.45, 2.75) is 25.2 Å². The molecule has 0 aromatic rings. The maximum absolute atomic E-state index is 11.7. The van der Waals surface area contributed by atoms with Crippen LogP contribution in [0.2, 0.25) is 0 Å². The number of ether oxygens (including phenoxy) is 2. The minimum Gasteiger partial charge on any atom is -0.346 e. The fraction of sp³-hybridized carbons (Fsp3) is 0.900. The van der Waals surface area contributed by atoms with Crippen LogP contribution in [0.4, 0.5) is 0 Å². The van der Waals surface area contributed by atoms with Crippen molar-refractivity contribution in [1.82, 2.24) is 10.2 Å². The standard InChI is InChI=1S/C10H18N2O3/c1-8-5-10(14-3-4-15-10)7-12(8)9(13)6-11-2/h8,11H,3-7H2,1-2H3. The summed E-state index contributed by atoms with van der Waals surface area (Å²) in [5, 5.41) is 2.87. The topological polar surface area (TPSA) is 50.8 Å². The van der Waals surface area contributed by atoms with Crippen LogP contribution in [0, 0.1) is 0 Å². The summed E-state index contributed by atoms with van der Waals surface area (Å²) in [6, 6.07) is 0.198. The van der Waals surface area contributed by atoms with E-state index in [2.05, 4.69) is 5.32 Å². The first kappa shape index (κ1) is 10.9. The number of likely N-dealkylation sites (N-methyl/N-ethyl adjacent to an activating group) is 1. The van der Waals surface area contributed by atoms with Gasteiger partial charge in [-0.1, -0.05) is 0 Å². The van der Waals surface area contributed by atoms with Crippen LogP contribution in [-0.2, 0) is 14.3 Å². The van der Waals surface area contributed by atoms with Crippen molar-refractivity contribution in [2.75, 3.05) is 33.4 Å². The molecule has 1 N–H and O–H groups in total. The molecule has 1 atom stereocenters. The first-order valence-corrected chi connectivity index (χ1v) is 5.39. The molecule has 2 aliphatic heterocycles. The van der Waals surface area contributed by atoms with Gasteiger partial charge < -0.3 is 19.7 Å². The SMILES string of the molecule is CNCC(=O)N1CC2(CC1C)OCCO2. The number of likely N-dealkylation sites (tertiary alicyclic amines) is 1. The van der Waals surface area contributed by atoms with E-state index < -0.39 is 5.79 Å². The van der Waals surface area contributed by atoms with Gasteiger partial charge in [0.1, 0.15) is 0 Å². The van der Waals surface area contributed by atoms with Gasteiger partial charge in [0.05, 0.1) is 26.3 Å². The van der Waals surface area contributed by atoms with Crippen molar-refractivity contribution in [1.29, 1.82) is 0 Å². The van der Waals surface area contributed by atoms with E-state index in [9.17, 15) is 4.79 Å². The zero-order valence-electron chi connectivity index (χ0n) is 9.28. The molecule has 2 heterocycles. The number of hydrogen-bond acceptors (Lipinski definition) is 4. The molecule has 0 aromatic carbocycles. The van der Waals surface area contributed by atoms with E-state index in [0.717, 1.165) is 6.42 Å². The van der Waals surface area contributed by atoms with Gasteiger partial charge in [-0.25, -0.2) is 0 Å². The van der Waals surface area contributed by atoms with Crippen molar-refractivity contribution >= 4 is 5.91 Å². The first-order valence-electron chi connectivity index (χ1n) is 5.39. The Bertz CT molecular complexity index is 251. The number of carbonyl (C=O) groups excluding carboxylic acids is 1. The molecular formula is C10H18N2O3. The van der Waals surface area contributed by atoms with Gasteiger partial charge in [-0.2, -0.15) is 0 Å². The fourth-order valence-corrected chi connectivity index (χ4v) is 2.33. The lowest BCUT2D eigenvalue weighted by Gasteiger charge is -2.23. The molecule has 86 valence electrons. The van der Waals surface area contributed by atoms with Crippen molar-refractivity contribution in [3.63, 3.8) is 0 Å². The molecule has 15 heavy (non-hydrogen) atoms. The average molecular weight is 214 g/mol. The summed E-state index contributed by atoms with van der Waals surface area (Å²) in [5.74, 6) is -0.399. The van der Waals surface area contributed by atoms with Gasteiger partial charge >= 0.3 is 0 Å². The lowest BCUT2D eigenvalue weighted by Crippen LogP contribution is -2.41. The first-order chi connectivity index (χ1) is 7.17. The van der Waals surface area contributed by atoms with Gasteiger partial charge in [-0.05, 0) is 14.0 Å². The van der Waals surface area contributed by atoms with Gasteiger partial charge in [0, 0.05) is 12.5 Å². The molecule has 0 aromatic heterocycles. The van der Waals surface area contributed by atoms with E-state index in [0.29, 0.717) is 26.3 Å². The molecule has 0 saturated carbocycles. The Kier molecular flexibility index (Phi) is 2.95. The maximum Gasteiger partial charge on any atom is 0.236 e. The third-order valence-electron chi connectivity index (χ3n) is 3.01. The van der Waals surface area contributed by atoms with E-state index in [4.69, 9.17) is 9.47 Å². The Labute approximate surface area is 89.7 Å². The molecule has 2 fully saturated rings. The number of hydrogen-bond donors (Lipinski definition) is 1. The summed E-state index contributed by atoms with van der Waals surface area (Å²) >= 11 is 0. The van der Waals surface area contributed by atoms with E-state index in [1.54, 1.807) is 7.05 Å². The van der Waals surface area contributed by atoms with Gasteiger partial charge in [-0.15, -0.1) is 0 Å². The van der Waals surface area contributed by atoms with Crippen LogP contribution in [0.5, 0.6) is 0 Å². The molecule has 2 rings (SSSR count). The molecule has 0 radical (unpaired) electrons. The molecule has 0 aliphatic carbocycles. The number of amides is 1. The summed E-state index contributed by atoms with van der Waals surface area (Å²) in [6.07, 6.45) is 0.780. The normalized spacial score (nSPS) is 28.9. The number of nitrogens with one attached hydrogen (secondary N) is 1. The monoisotopic (exact) mass is 214 g/mol. The van der Waals surface area contributed by atoms with Crippen LogP contribution in [0.1, 0.15) is 13.3 Å². The lowest BCUT2D eigenvalue weighted by molar-refractivity contribution is -0.152. The smallest absolute Gasteiger partial charge is 0.236 e. The van der Waals surface area contributed by atoms with Crippen LogP contribution in [-0.4, -0.2) is 56.0 Å². The summed E-state index contributed by atoms with van der Waals surface area (Å²) in [5.41, 5.74) is 0. The van der Waals surface area contributed by atoms with Crippen molar-refractivity contribution < 1.29 is 14.3 Å². The number of rotatable bonds is 2. The Morgan fingerprint density at radius 1 is 1.53 bits per heavy atom. The second kappa shape index (κ2) is 4.08. The van der Waals surface area contributed by atoms with Crippen LogP contribution in [0.15, 0.2) is 0 Å². The van der Waals surface area contributed by atoms with Crippen molar-refractivity contribution in [3.8, 4) is 0 Å². The molecule has 1 amide bonds. The zero-order valence-corrected chi connectivity index (χ0v) is 9.28. The highest BCUT2D eigenvalue weighted by Crippen LogP contribution is 2.34. The minimum absolute atomic E-state index is 0.112. The Hall–Kier alpha value is -0.650. The van der Waals surface area contributed by atoms with E-state index in [-0.39, 0.29) is 11.9 Å². The highest BCUT2D eigenvalue weighted by molar-refractivity contribution is 5.79. The predicted octanol–water partition coefficient (Wildman–Crippen LogP) is -0.430. The number of carbonyl (C=O) groups is 1. The van der Waals surface area contributed by atoms with Crippen LogP contribution >= 0.6 is 0 Å². The molecule has 2 saturated heterocycles. The molecule has 5 heteroatoms. The van der Waals surface area contributed by atoms with Gasteiger partial charge in [0.25, 0.3) is 0 Å². The molecule has 5 nitrogen and oxygen atoms in total. The second-order valence-corrected chi connectivity index (χ2v) is 4.21. The maximum atomic E-state index is 11.7. The van der Waals surface area contributed by atoms with Crippen molar-refractivity contribution in [2.24, 2.45) is 0 Å². The van der Waals surface area contributed by atoms with E-state index in [1.165, 1.54) is 0 Å². The van der Waals surface area contributed by atoms with Gasteiger partial charge in [-0.3, -0.25) is 4.79 Å². The van der Waals surface area contributed by atoms with Crippen LogP contribution < -0.4 is 5.32 Å². The highest BCUT2D eigenvalue weighted by atomic mass is 16.7. The molecule has 1 unspecified atom stereocenters. The minimum atomic E-state index is -0.511. The molecule has 2 aliphatic rings. The highest BCUT2D eigenvalue weighted by Gasteiger charge is 2.48. The van der Waals surface area contributed by atoms with Crippen LogP contribution in [0.3, 0.4) is 0 Å². The second-order valence-electron chi connectivity index (χ2n) is 4.21. The Morgan fingerprint density at radius 3 is 2.80 bits per heavy atom. The fourth-order valence-electron chi connectivity index (χ4n) is 2.33. The van der Waals surface area contributed by atoms with Crippen molar-refractivity contribution in [3.05, 3.63) is 0 Å². The Morgan fingerprint density at radius 2 is 2.20 bits per heavy atom. The van der Waals surface area contributed by atoms with Gasteiger partial charge in [0.2, 0.25) is 5.91 Å². The van der Waals surface area contributed by atoms with E-state index in [1.807, 2.05) is 11.8 Å². The third-order valence-corrected chi connectivity index (χ3v) is 3.01. The molecular weight excluding hydrogens is 196 g/mol. The van der Waals surface area contributed by atoms with Gasteiger partial charge in [0.15, 0.2) is 5.79 Å². The largest absolute Gasteiger partial charge is 0.346 e. The summed E-state index contributed by atoms with van der Waals surface area (Å²) in [6.45, 7) is 4.25. The molecule has 1 spiro atoms. The van der Waals surface area contributed by atoms with E-state index >= 15 is 0 Å². The summed E-state index contributed by atoms with van der Waals surface area (Å²) in [7, 11) is 1.77. The van der Waals surface area contributed by atoms with Crippen LogP contribution in [0.25, 0.3) is 0 Å². The summed E-state index contributed by atoms with van der Waals surface area (Å²) in [4.78, 5) is 13.6. The predicted molar refractivity (Wildman–Crippen MR) is 54.4 cm³/mol. The third kappa shape index (κ3) is 2.00. The zero-order chi connectivity index (χ0) is 10.9. The summed E-state index contributed by atoms with van der Waals surface area (Å²) < 4.78 is 11.2. The average Bonchev–Trinajstić information content (AvgIpc) is 2.75. The lowest BCUT2D eigenvalue weighted by atomic mass is 10.2. The Balaban J connectivity index is 2.00.